The lowest BCUT2D eigenvalue weighted by molar-refractivity contribution is 0.101. The standard InChI is InChI=1S/C24H29ClN4O2/c1-14-21(15(2)29(27-14)13-16-8-6-7-9-19(16)25)26-23(30)22-18-12-17(24(3,4)5)10-11-20(18)31-28-22/h6-9,17H,10-13H2,1-5H3,(H,26,30). The van der Waals surface area contributed by atoms with Crippen LogP contribution in [0.2, 0.25) is 5.02 Å². The van der Waals surface area contributed by atoms with Crippen LogP contribution >= 0.6 is 11.6 Å². The fourth-order valence-corrected chi connectivity index (χ4v) is 4.51. The van der Waals surface area contributed by atoms with Crippen LogP contribution in [0.15, 0.2) is 28.8 Å². The van der Waals surface area contributed by atoms with Crippen molar-refractivity contribution >= 4 is 23.2 Å². The second kappa shape index (κ2) is 8.15. The number of benzene rings is 1. The van der Waals surface area contributed by atoms with Crippen LogP contribution in [-0.4, -0.2) is 20.8 Å². The Balaban J connectivity index is 1.56. The zero-order valence-corrected chi connectivity index (χ0v) is 19.5. The molecule has 6 nitrogen and oxygen atoms in total. The van der Waals surface area contributed by atoms with Crippen molar-refractivity contribution in [3.8, 4) is 0 Å². The number of hydrogen-bond acceptors (Lipinski definition) is 4. The number of aryl methyl sites for hydroxylation is 2. The maximum atomic E-state index is 13.1. The Morgan fingerprint density at radius 1 is 1.29 bits per heavy atom. The zero-order valence-electron chi connectivity index (χ0n) is 18.8. The highest BCUT2D eigenvalue weighted by Gasteiger charge is 2.34. The highest BCUT2D eigenvalue weighted by Crippen LogP contribution is 2.38. The SMILES string of the molecule is Cc1nn(Cc2ccccc2Cl)c(C)c1NC(=O)c1noc2c1CC(C(C)(C)C)CC2. The maximum absolute atomic E-state index is 13.1. The summed E-state index contributed by atoms with van der Waals surface area (Å²) in [5.74, 6) is 1.09. The molecule has 3 aromatic rings. The highest BCUT2D eigenvalue weighted by molar-refractivity contribution is 6.31. The second-order valence-electron chi connectivity index (χ2n) is 9.49. The first-order valence-electron chi connectivity index (χ1n) is 10.7. The Labute approximate surface area is 188 Å². The van der Waals surface area contributed by atoms with Gasteiger partial charge in [-0.15, -0.1) is 0 Å². The molecule has 0 bridgehead atoms. The van der Waals surface area contributed by atoms with Crippen molar-refractivity contribution in [2.45, 2.75) is 60.4 Å². The van der Waals surface area contributed by atoms with E-state index in [0.29, 0.717) is 28.9 Å². The van der Waals surface area contributed by atoms with Crippen LogP contribution in [0.4, 0.5) is 5.69 Å². The van der Waals surface area contributed by atoms with Gasteiger partial charge in [0.15, 0.2) is 5.69 Å². The molecule has 0 saturated heterocycles. The van der Waals surface area contributed by atoms with Gasteiger partial charge in [0.2, 0.25) is 0 Å². The molecule has 2 heterocycles. The molecule has 1 aromatic carbocycles. The second-order valence-corrected chi connectivity index (χ2v) is 9.89. The van der Waals surface area contributed by atoms with Crippen molar-refractivity contribution in [2.75, 3.05) is 5.32 Å². The molecule has 2 aromatic heterocycles. The van der Waals surface area contributed by atoms with Crippen LogP contribution in [0, 0.1) is 25.2 Å². The van der Waals surface area contributed by atoms with Gasteiger partial charge in [-0.1, -0.05) is 55.7 Å². The van der Waals surface area contributed by atoms with Crippen molar-refractivity contribution < 1.29 is 9.32 Å². The summed E-state index contributed by atoms with van der Waals surface area (Å²) in [5.41, 5.74) is 4.82. The molecule has 1 amide bonds. The molecule has 1 unspecified atom stereocenters. The summed E-state index contributed by atoms with van der Waals surface area (Å²) >= 11 is 6.31. The average Bonchev–Trinajstić information content (AvgIpc) is 3.25. The Morgan fingerprint density at radius 3 is 2.74 bits per heavy atom. The van der Waals surface area contributed by atoms with Gasteiger partial charge in [-0.3, -0.25) is 9.48 Å². The molecule has 0 fully saturated rings. The van der Waals surface area contributed by atoms with E-state index < -0.39 is 0 Å². The number of hydrogen-bond donors (Lipinski definition) is 1. The van der Waals surface area contributed by atoms with Crippen LogP contribution in [0.5, 0.6) is 0 Å². The number of amides is 1. The van der Waals surface area contributed by atoms with E-state index >= 15 is 0 Å². The van der Waals surface area contributed by atoms with Gasteiger partial charge in [0.1, 0.15) is 5.76 Å². The van der Waals surface area contributed by atoms with Gasteiger partial charge < -0.3 is 9.84 Å². The largest absolute Gasteiger partial charge is 0.360 e. The van der Waals surface area contributed by atoms with Crippen molar-refractivity contribution in [3.63, 3.8) is 0 Å². The van der Waals surface area contributed by atoms with Crippen LogP contribution in [0.25, 0.3) is 0 Å². The fourth-order valence-electron chi connectivity index (χ4n) is 4.31. The van der Waals surface area contributed by atoms with E-state index in [-0.39, 0.29) is 11.3 Å². The first kappa shape index (κ1) is 21.6. The molecule has 7 heteroatoms. The zero-order chi connectivity index (χ0) is 22.3. The normalized spacial score (nSPS) is 16.3. The number of aromatic nitrogens is 3. The number of rotatable bonds is 4. The molecular formula is C24H29ClN4O2. The van der Waals surface area contributed by atoms with Crippen LogP contribution < -0.4 is 5.32 Å². The Kier molecular flexibility index (Phi) is 5.69. The van der Waals surface area contributed by atoms with E-state index in [1.54, 1.807) is 0 Å². The quantitative estimate of drug-likeness (QED) is 0.573. The predicted molar refractivity (Wildman–Crippen MR) is 122 cm³/mol. The number of fused-ring (bicyclic) bond motifs is 1. The lowest BCUT2D eigenvalue weighted by atomic mass is 9.71. The molecule has 0 aliphatic heterocycles. The first-order valence-corrected chi connectivity index (χ1v) is 11.1. The highest BCUT2D eigenvalue weighted by atomic mass is 35.5. The van der Waals surface area contributed by atoms with Gasteiger partial charge in [-0.25, -0.2) is 0 Å². The molecule has 31 heavy (non-hydrogen) atoms. The molecule has 0 saturated carbocycles. The van der Waals surface area contributed by atoms with Gasteiger partial charge in [-0.2, -0.15) is 5.10 Å². The summed E-state index contributed by atoms with van der Waals surface area (Å²) < 4.78 is 7.38. The summed E-state index contributed by atoms with van der Waals surface area (Å²) in [5, 5.41) is 12.5. The van der Waals surface area contributed by atoms with E-state index in [2.05, 4.69) is 36.3 Å². The number of nitrogens with one attached hydrogen (secondary N) is 1. The molecular weight excluding hydrogens is 412 g/mol. The maximum Gasteiger partial charge on any atom is 0.278 e. The number of anilines is 1. The number of carbonyl (C=O) groups is 1. The van der Waals surface area contributed by atoms with Crippen molar-refractivity contribution in [2.24, 2.45) is 11.3 Å². The van der Waals surface area contributed by atoms with Crippen LogP contribution in [0.3, 0.4) is 0 Å². The smallest absolute Gasteiger partial charge is 0.278 e. The summed E-state index contributed by atoms with van der Waals surface area (Å²) in [7, 11) is 0. The van der Waals surface area contributed by atoms with Gasteiger partial charge in [0.05, 0.1) is 23.6 Å². The van der Waals surface area contributed by atoms with E-state index in [1.807, 2.05) is 42.8 Å². The molecule has 1 N–H and O–H groups in total. The third-order valence-corrected chi connectivity index (χ3v) is 6.75. The summed E-state index contributed by atoms with van der Waals surface area (Å²) in [4.78, 5) is 13.1. The van der Waals surface area contributed by atoms with Crippen molar-refractivity contribution in [1.29, 1.82) is 0 Å². The molecule has 4 rings (SSSR count). The molecule has 1 atom stereocenters. The Morgan fingerprint density at radius 2 is 2.03 bits per heavy atom. The topological polar surface area (TPSA) is 73.0 Å². The van der Waals surface area contributed by atoms with Gasteiger partial charge in [-0.05, 0) is 49.7 Å². The summed E-state index contributed by atoms with van der Waals surface area (Å²) in [6.45, 7) is 11.1. The Bertz CT molecular complexity index is 1120. The Hall–Kier alpha value is -2.60. The molecule has 0 spiro atoms. The third-order valence-electron chi connectivity index (χ3n) is 6.38. The lowest BCUT2D eigenvalue weighted by Crippen LogP contribution is -2.27. The van der Waals surface area contributed by atoms with Crippen molar-refractivity contribution in [3.05, 3.63) is 63.3 Å². The van der Waals surface area contributed by atoms with Gasteiger partial charge >= 0.3 is 0 Å². The number of halogens is 1. The summed E-state index contributed by atoms with van der Waals surface area (Å²) in [6, 6.07) is 7.70. The molecule has 164 valence electrons. The van der Waals surface area contributed by atoms with Crippen molar-refractivity contribution in [1.82, 2.24) is 14.9 Å². The van der Waals surface area contributed by atoms with Gasteiger partial charge in [0.25, 0.3) is 5.91 Å². The molecule has 1 aliphatic carbocycles. The monoisotopic (exact) mass is 440 g/mol. The fraction of sp³-hybridized carbons (Fsp3) is 0.458. The number of carbonyl (C=O) groups excluding carboxylic acids is 1. The van der Waals surface area contributed by atoms with E-state index in [1.165, 1.54) is 0 Å². The number of nitrogens with zero attached hydrogens (tertiary/aromatic N) is 3. The van der Waals surface area contributed by atoms with Crippen LogP contribution in [0.1, 0.15) is 66.0 Å². The minimum Gasteiger partial charge on any atom is -0.360 e. The molecule has 0 radical (unpaired) electrons. The van der Waals surface area contributed by atoms with E-state index in [4.69, 9.17) is 16.1 Å². The van der Waals surface area contributed by atoms with Crippen LogP contribution in [-0.2, 0) is 19.4 Å². The minimum absolute atomic E-state index is 0.176. The van der Waals surface area contributed by atoms with E-state index in [9.17, 15) is 4.79 Å². The van der Waals surface area contributed by atoms with Gasteiger partial charge in [0, 0.05) is 17.0 Å². The first-order chi connectivity index (χ1) is 14.6. The predicted octanol–water partition coefficient (Wildman–Crippen LogP) is 5.59. The average molecular weight is 441 g/mol. The van der Waals surface area contributed by atoms with E-state index in [0.717, 1.165) is 47.5 Å². The third kappa shape index (κ3) is 4.26. The summed E-state index contributed by atoms with van der Waals surface area (Å²) in [6.07, 6.45) is 2.69. The molecule has 1 aliphatic rings. The lowest BCUT2D eigenvalue weighted by Gasteiger charge is -2.33. The minimum atomic E-state index is -0.247.